The molecule has 1 amide bonds. The monoisotopic (exact) mass is 326 g/mol. The molecule has 124 valence electrons. The van der Waals surface area contributed by atoms with Gasteiger partial charge in [0.05, 0.1) is 12.1 Å². The first-order chi connectivity index (χ1) is 10.1. The third kappa shape index (κ3) is 3.15. The van der Waals surface area contributed by atoms with Gasteiger partial charge in [-0.05, 0) is 24.3 Å². The molecule has 0 radical (unpaired) electrons. The van der Waals surface area contributed by atoms with Crippen LogP contribution in [0.1, 0.15) is 38.2 Å². The van der Waals surface area contributed by atoms with E-state index in [-0.39, 0.29) is 24.2 Å². The van der Waals surface area contributed by atoms with Gasteiger partial charge in [-0.1, -0.05) is 13.8 Å². The van der Waals surface area contributed by atoms with Gasteiger partial charge in [0.15, 0.2) is 0 Å². The summed E-state index contributed by atoms with van der Waals surface area (Å²) in [5, 5.41) is 7.65. The Labute approximate surface area is 138 Å². The summed E-state index contributed by atoms with van der Waals surface area (Å²) in [6.45, 7) is 7.05. The Kier molecular flexibility index (Phi) is 5.50. The summed E-state index contributed by atoms with van der Waals surface area (Å²) in [4.78, 5) is 15.2. The fraction of sp³-hybridized carbons (Fsp3) is 0.750. The zero-order valence-electron chi connectivity index (χ0n) is 13.7. The molecule has 1 N–H and O–H groups in total. The highest BCUT2D eigenvalue weighted by atomic mass is 35.5. The molecule has 2 aliphatic rings. The number of likely N-dealkylation sites (tertiary alicyclic amines) is 1. The van der Waals surface area contributed by atoms with Crippen molar-refractivity contribution in [3.8, 4) is 0 Å². The van der Waals surface area contributed by atoms with Crippen molar-refractivity contribution >= 4 is 18.3 Å². The number of amides is 1. The van der Waals surface area contributed by atoms with E-state index in [2.05, 4.69) is 29.2 Å². The van der Waals surface area contributed by atoms with Crippen molar-refractivity contribution in [1.82, 2.24) is 20.0 Å². The molecule has 0 aromatic carbocycles. The van der Waals surface area contributed by atoms with E-state index in [9.17, 15) is 4.79 Å². The minimum Gasteiger partial charge on any atom is -0.339 e. The maximum atomic E-state index is 13.0. The summed E-state index contributed by atoms with van der Waals surface area (Å²) in [7, 11) is 1.93. The summed E-state index contributed by atoms with van der Waals surface area (Å²) < 4.78 is 1.82. The molecule has 3 heterocycles. The van der Waals surface area contributed by atoms with E-state index in [1.807, 2.05) is 24.1 Å². The van der Waals surface area contributed by atoms with Gasteiger partial charge in [-0.25, -0.2) is 0 Å². The normalized spacial score (nSPS) is 28.2. The smallest absolute Gasteiger partial charge is 0.227 e. The van der Waals surface area contributed by atoms with Crippen LogP contribution in [0.25, 0.3) is 0 Å². The Morgan fingerprint density at radius 1 is 1.41 bits per heavy atom. The second-order valence-electron chi connectivity index (χ2n) is 6.80. The first kappa shape index (κ1) is 17.3. The van der Waals surface area contributed by atoms with Crippen LogP contribution < -0.4 is 5.32 Å². The summed E-state index contributed by atoms with van der Waals surface area (Å²) in [5.74, 6) is 1.21. The van der Waals surface area contributed by atoms with Gasteiger partial charge in [0.2, 0.25) is 5.91 Å². The van der Waals surface area contributed by atoms with Crippen LogP contribution in [0.15, 0.2) is 12.4 Å². The topological polar surface area (TPSA) is 50.2 Å². The van der Waals surface area contributed by atoms with Gasteiger partial charge in [0.1, 0.15) is 0 Å². The van der Waals surface area contributed by atoms with Gasteiger partial charge >= 0.3 is 0 Å². The third-order valence-corrected chi connectivity index (χ3v) is 5.04. The van der Waals surface area contributed by atoms with Crippen LogP contribution in [0.3, 0.4) is 0 Å². The van der Waals surface area contributed by atoms with Gasteiger partial charge in [0, 0.05) is 44.8 Å². The fourth-order valence-corrected chi connectivity index (χ4v) is 3.89. The summed E-state index contributed by atoms with van der Waals surface area (Å²) in [6.07, 6.45) is 6.25. The molecule has 0 aliphatic carbocycles. The lowest BCUT2D eigenvalue weighted by molar-refractivity contribution is -0.137. The number of aromatic nitrogens is 2. The molecule has 5 nitrogen and oxygen atoms in total. The lowest BCUT2D eigenvalue weighted by Crippen LogP contribution is -2.43. The highest BCUT2D eigenvalue weighted by Gasteiger charge is 2.40. The van der Waals surface area contributed by atoms with Crippen molar-refractivity contribution in [3.05, 3.63) is 18.0 Å². The number of hydrogen-bond acceptors (Lipinski definition) is 3. The fourth-order valence-electron chi connectivity index (χ4n) is 3.89. The van der Waals surface area contributed by atoms with Gasteiger partial charge in [-0.15, -0.1) is 12.4 Å². The average molecular weight is 327 g/mol. The number of halogens is 1. The van der Waals surface area contributed by atoms with Crippen LogP contribution in [0.2, 0.25) is 0 Å². The van der Waals surface area contributed by atoms with Crippen molar-refractivity contribution in [3.63, 3.8) is 0 Å². The van der Waals surface area contributed by atoms with E-state index < -0.39 is 0 Å². The lowest BCUT2D eigenvalue weighted by atomic mass is 9.89. The number of nitrogens with one attached hydrogen (secondary N) is 1. The molecule has 2 aliphatic heterocycles. The molecule has 0 saturated carbocycles. The number of rotatable bonds is 3. The van der Waals surface area contributed by atoms with Crippen LogP contribution in [0.4, 0.5) is 0 Å². The average Bonchev–Trinajstić information content (AvgIpc) is 3.17. The molecule has 2 saturated heterocycles. The summed E-state index contributed by atoms with van der Waals surface area (Å²) in [5.41, 5.74) is 1.18. The molecular weight excluding hydrogens is 300 g/mol. The number of hydrogen-bond donors (Lipinski definition) is 1. The summed E-state index contributed by atoms with van der Waals surface area (Å²) >= 11 is 0. The Morgan fingerprint density at radius 2 is 2.18 bits per heavy atom. The van der Waals surface area contributed by atoms with Crippen LogP contribution in [-0.2, 0) is 11.8 Å². The zero-order valence-corrected chi connectivity index (χ0v) is 14.5. The Hall–Kier alpha value is -1.07. The molecule has 0 spiro atoms. The van der Waals surface area contributed by atoms with Gasteiger partial charge in [0.25, 0.3) is 0 Å². The minimum absolute atomic E-state index is 0. The van der Waals surface area contributed by atoms with E-state index in [0.29, 0.717) is 17.9 Å². The SMILES string of the molecule is CC(C)C1CCCN1C(=O)[C@H]1CNC[C@@H]1c1cnn(C)c1.Cl. The van der Waals surface area contributed by atoms with Gasteiger partial charge < -0.3 is 10.2 Å². The van der Waals surface area contributed by atoms with E-state index in [1.165, 1.54) is 5.56 Å². The van der Waals surface area contributed by atoms with Crippen molar-refractivity contribution < 1.29 is 4.79 Å². The van der Waals surface area contributed by atoms with E-state index in [0.717, 1.165) is 32.5 Å². The molecule has 1 aromatic rings. The standard InChI is InChI=1S/C16H26N4O.ClH/c1-11(2)15-5-4-6-20(15)16(21)14-9-17-8-13(14)12-7-18-19(3)10-12;/h7,10-11,13-15,17H,4-6,8-9H2,1-3H3;1H/t13-,14+,15?;/m1./s1. The van der Waals surface area contributed by atoms with Crippen LogP contribution in [0.5, 0.6) is 0 Å². The zero-order chi connectivity index (χ0) is 15.0. The van der Waals surface area contributed by atoms with Crippen LogP contribution >= 0.6 is 12.4 Å². The van der Waals surface area contributed by atoms with Crippen molar-refractivity contribution in [2.75, 3.05) is 19.6 Å². The van der Waals surface area contributed by atoms with Gasteiger partial charge in [-0.3, -0.25) is 9.48 Å². The molecular formula is C16H27ClN4O. The third-order valence-electron chi connectivity index (χ3n) is 5.04. The predicted octanol–water partition coefficient (Wildman–Crippen LogP) is 1.79. The Bertz CT molecular complexity index is 516. The first-order valence-corrected chi connectivity index (χ1v) is 8.07. The Balaban J connectivity index is 0.00000176. The molecule has 1 unspecified atom stereocenters. The minimum atomic E-state index is 0. The Morgan fingerprint density at radius 3 is 2.82 bits per heavy atom. The number of carbonyl (C=O) groups is 1. The van der Waals surface area contributed by atoms with E-state index >= 15 is 0 Å². The molecule has 2 fully saturated rings. The van der Waals surface area contributed by atoms with E-state index in [1.54, 1.807) is 0 Å². The molecule has 22 heavy (non-hydrogen) atoms. The molecule has 1 aromatic heterocycles. The van der Waals surface area contributed by atoms with Crippen LogP contribution in [0, 0.1) is 11.8 Å². The molecule has 6 heteroatoms. The van der Waals surface area contributed by atoms with Crippen molar-refractivity contribution in [2.24, 2.45) is 18.9 Å². The van der Waals surface area contributed by atoms with E-state index in [4.69, 9.17) is 0 Å². The number of carbonyl (C=O) groups excluding carboxylic acids is 1. The quantitative estimate of drug-likeness (QED) is 0.921. The summed E-state index contributed by atoms with van der Waals surface area (Å²) in [6, 6.07) is 0.424. The lowest BCUT2D eigenvalue weighted by Gasteiger charge is -2.31. The highest BCUT2D eigenvalue weighted by Crippen LogP contribution is 2.33. The molecule has 3 rings (SSSR count). The maximum absolute atomic E-state index is 13.0. The second kappa shape index (κ2) is 7.01. The number of aryl methyl sites for hydroxylation is 1. The maximum Gasteiger partial charge on any atom is 0.227 e. The number of nitrogens with zero attached hydrogens (tertiary/aromatic N) is 3. The highest BCUT2D eigenvalue weighted by molar-refractivity contribution is 5.85. The van der Waals surface area contributed by atoms with Gasteiger partial charge in [-0.2, -0.15) is 5.10 Å². The van der Waals surface area contributed by atoms with Crippen LogP contribution in [-0.4, -0.2) is 46.3 Å². The molecule has 0 bridgehead atoms. The van der Waals surface area contributed by atoms with Crippen molar-refractivity contribution in [2.45, 2.75) is 38.6 Å². The second-order valence-corrected chi connectivity index (χ2v) is 6.80. The predicted molar refractivity (Wildman–Crippen MR) is 89.1 cm³/mol. The first-order valence-electron chi connectivity index (χ1n) is 8.07. The molecule has 3 atom stereocenters. The largest absolute Gasteiger partial charge is 0.339 e. The van der Waals surface area contributed by atoms with Crippen molar-refractivity contribution in [1.29, 1.82) is 0 Å².